The summed E-state index contributed by atoms with van der Waals surface area (Å²) in [5.41, 5.74) is 2.04. The number of halogens is 1. The predicted molar refractivity (Wildman–Crippen MR) is 68.3 cm³/mol. The van der Waals surface area contributed by atoms with Crippen LogP contribution in [-0.4, -0.2) is 34.6 Å². The Balaban J connectivity index is 2.23. The van der Waals surface area contributed by atoms with Gasteiger partial charge in [0.1, 0.15) is 5.15 Å². The van der Waals surface area contributed by atoms with E-state index in [9.17, 15) is 5.11 Å². The highest BCUT2D eigenvalue weighted by molar-refractivity contribution is 6.30. The largest absolute Gasteiger partial charge is 0.396 e. The summed E-state index contributed by atoms with van der Waals surface area (Å²) in [6.45, 7) is 4.14. The first-order valence-electron chi connectivity index (χ1n) is 6.07. The molecule has 2 heterocycles. The minimum Gasteiger partial charge on any atom is -0.396 e. The summed E-state index contributed by atoms with van der Waals surface area (Å²) in [7, 11) is 1.85. The average molecular weight is 258 g/mol. The zero-order chi connectivity index (χ0) is 12.5. The van der Waals surface area contributed by atoms with Crippen molar-refractivity contribution in [3.8, 4) is 0 Å². The molecule has 1 saturated heterocycles. The van der Waals surface area contributed by atoms with E-state index in [4.69, 9.17) is 11.6 Å². The van der Waals surface area contributed by atoms with Gasteiger partial charge in [0.15, 0.2) is 0 Å². The van der Waals surface area contributed by atoms with E-state index in [1.54, 1.807) is 4.68 Å². The van der Waals surface area contributed by atoms with E-state index in [2.05, 4.69) is 10.4 Å². The van der Waals surface area contributed by atoms with Gasteiger partial charge in [0.25, 0.3) is 0 Å². The van der Waals surface area contributed by atoms with Gasteiger partial charge in [0.2, 0.25) is 0 Å². The van der Waals surface area contributed by atoms with Crippen LogP contribution in [0.2, 0.25) is 5.15 Å². The van der Waals surface area contributed by atoms with Gasteiger partial charge in [0.05, 0.1) is 5.69 Å². The molecule has 0 unspecified atom stereocenters. The minimum absolute atomic E-state index is 0.0251. The minimum atomic E-state index is -0.0251. The van der Waals surface area contributed by atoms with Gasteiger partial charge >= 0.3 is 0 Å². The van der Waals surface area contributed by atoms with Crippen LogP contribution in [-0.2, 0) is 13.5 Å². The van der Waals surface area contributed by atoms with Crippen molar-refractivity contribution in [2.75, 3.05) is 19.7 Å². The van der Waals surface area contributed by atoms with Crippen molar-refractivity contribution >= 4 is 11.6 Å². The number of rotatable bonds is 3. The molecular formula is C12H20ClN3O. The van der Waals surface area contributed by atoms with E-state index < -0.39 is 0 Å². The maximum absolute atomic E-state index is 9.69. The van der Waals surface area contributed by atoms with Crippen molar-refractivity contribution in [2.45, 2.75) is 26.2 Å². The molecule has 1 aliphatic rings. The molecule has 0 atom stereocenters. The molecule has 1 aromatic heterocycles. The second kappa shape index (κ2) is 4.96. The second-order valence-electron chi connectivity index (χ2n) is 5.06. The molecule has 2 rings (SSSR count). The Morgan fingerprint density at radius 1 is 1.47 bits per heavy atom. The van der Waals surface area contributed by atoms with Crippen LogP contribution in [0, 0.1) is 12.3 Å². The Kier molecular flexibility index (Phi) is 3.76. The van der Waals surface area contributed by atoms with Crippen LogP contribution >= 0.6 is 11.6 Å². The van der Waals surface area contributed by atoms with Crippen molar-refractivity contribution in [3.05, 3.63) is 16.4 Å². The summed E-state index contributed by atoms with van der Waals surface area (Å²) in [5, 5.41) is 18.1. The number of nitrogens with one attached hydrogen (secondary N) is 1. The monoisotopic (exact) mass is 257 g/mol. The molecule has 5 heteroatoms. The molecule has 0 aromatic carbocycles. The second-order valence-corrected chi connectivity index (χ2v) is 5.42. The van der Waals surface area contributed by atoms with Crippen LogP contribution in [0.25, 0.3) is 0 Å². The highest BCUT2D eigenvalue weighted by Gasteiger charge is 2.33. The first-order chi connectivity index (χ1) is 8.08. The normalized spacial score (nSPS) is 19.5. The first kappa shape index (κ1) is 12.9. The number of hydrogen-bond donors (Lipinski definition) is 2. The van der Waals surface area contributed by atoms with Crippen molar-refractivity contribution < 1.29 is 5.11 Å². The van der Waals surface area contributed by atoms with E-state index in [0.29, 0.717) is 5.15 Å². The summed E-state index contributed by atoms with van der Waals surface area (Å²) in [6.07, 6.45) is 2.81. The first-order valence-corrected chi connectivity index (χ1v) is 6.45. The number of nitrogens with zero attached hydrogens (tertiary/aromatic N) is 2. The highest BCUT2D eigenvalue weighted by Crippen LogP contribution is 2.35. The Morgan fingerprint density at radius 2 is 2.12 bits per heavy atom. The highest BCUT2D eigenvalue weighted by atomic mass is 35.5. The number of piperidine rings is 1. The fourth-order valence-corrected chi connectivity index (χ4v) is 2.84. The smallest absolute Gasteiger partial charge is 0.130 e. The lowest BCUT2D eigenvalue weighted by Gasteiger charge is -2.36. The molecule has 2 N–H and O–H groups in total. The third-order valence-electron chi connectivity index (χ3n) is 3.82. The summed E-state index contributed by atoms with van der Waals surface area (Å²) < 4.78 is 1.71. The molecule has 96 valence electrons. The number of aromatic nitrogens is 2. The Labute approximate surface area is 107 Å². The summed E-state index contributed by atoms with van der Waals surface area (Å²) >= 11 is 6.26. The molecule has 1 aliphatic heterocycles. The van der Waals surface area contributed by atoms with Crippen LogP contribution < -0.4 is 5.32 Å². The van der Waals surface area contributed by atoms with Crippen LogP contribution in [0.1, 0.15) is 24.1 Å². The van der Waals surface area contributed by atoms with Gasteiger partial charge in [-0.25, -0.2) is 0 Å². The lowest BCUT2D eigenvalue weighted by atomic mass is 9.75. The van der Waals surface area contributed by atoms with Crippen LogP contribution in [0.5, 0.6) is 0 Å². The van der Waals surface area contributed by atoms with Gasteiger partial charge in [-0.05, 0) is 39.3 Å². The maximum Gasteiger partial charge on any atom is 0.130 e. The number of hydrogen-bond acceptors (Lipinski definition) is 3. The quantitative estimate of drug-likeness (QED) is 0.858. The van der Waals surface area contributed by atoms with Gasteiger partial charge in [-0.15, -0.1) is 0 Å². The van der Waals surface area contributed by atoms with Crippen molar-refractivity contribution in [2.24, 2.45) is 12.5 Å². The molecule has 0 saturated carbocycles. The third-order valence-corrected chi connectivity index (χ3v) is 4.29. The van der Waals surface area contributed by atoms with Crippen LogP contribution in [0.4, 0.5) is 0 Å². The summed E-state index contributed by atoms with van der Waals surface area (Å²) in [5.74, 6) is 0. The molecular weight excluding hydrogens is 238 g/mol. The third kappa shape index (κ3) is 2.49. The van der Waals surface area contributed by atoms with Crippen molar-refractivity contribution in [1.82, 2.24) is 15.1 Å². The molecule has 0 radical (unpaired) electrons. The van der Waals surface area contributed by atoms with Gasteiger partial charge in [-0.2, -0.15) is 5.10 Å². The number of aliphatic hydroxyl groups excluding tert-OH is 1. The van der Waals surface area contributed by atoms with Crippen LogP contribution in [0.3, 0.4) is 0 Å². The lowest BCUT2D eigenvalue weighted by molar-refractivity contribution is 0.0892. The SMILES string of the molecule is Cc1nn(C)c(Cl)c1CC1(CO)CCNCC1. The fourth-order valence-electron chi connectivity index (χ4n) is 2.60. The van der Waals surface area contributed by atoms with E-state index in [0.717, 1.165) is 43.6 Å². The Morgan fingerprint density at radius 3 is 2.59 bits per heavy atom. The van der Waals surface area contributed by atoms with Gasteiger partial charge in [-0.1, -0.05) is 11.6 Å². The van der Waals surface area contributed by atoms with E-state index in [-0.39, 0.29) is 12.0 Å². The molecule has 1 fully saturated rings. The van der Waals surface area contributed by atoms with Gasteiger partial charge in [0, 0.05) is 24.6 Å². The molecule has 0 amide bonds. The van der Waals surface area contributed by atoms with Crippen molar-refractivity contribution in [3.63, 3.8) is 0 Å². The molecule has 1 aromatic rings. The lowest BCUT2D eigenvalue weighted by Crippen LogP contribution is -2.40. The topological polar surface area (TPSA) is 50.1 Å². The average Bonchev–Trinajstić information content (AvgIpc) is 2.57. The summed E-state index contributed by atoms with van der Waals surface area (Å²) in [4.78, 5) is 0. The zero-order valence-electron chi connectivity index (χ0n) is 10.5. The van der Waals surface area contributed by atoms with E-state index in [1.807, 2.05) is 14.0 Å². The van der Waals surface area contributed by atoms with Gasteiger partial charge in [-0.3, -0.25) is 4.68 Å². The van der Waals surface area contributed by atoms with E-state index >= 15 is 0 Å². The molecule has 17 heavy (non-hydrogen) atoms. The molecule has 4 nitrogen and oxygen atoms in total. The van der Waals surface area contributed by atoms with Crippen molar-refractivity contribution in [1.29, 1.82) is 0 Å². The number of aliphatic hydroxyl groups is 1. The molecule has 0 spiro atoms. The Bertz CT molecular complexity index is 397. The molecule has 0 bridgehead atoms. The van der Waals surface area contributed by atoms with E-state index in [1.165, 1.54) is 0 Å². The Hall–Kier alpha value is -0.580. The number of aryl methyl sites for hydroxylation is 2. The fraction of sp³-hybridized carbons (Fsp3) is 0.750. The molecule has 0 aliphatic carbocycles. The summed E-state index contributed by atoms with van der Waals surface area (Å²) in [6, 6.07) is 0. The standard InChI is InChI=1S/C12H20ClN3O/c1-9-10(11(13)16(2)15-9)7-12(8-17)3-5-14-6-4-12/h14,17H,3-8H2,1-2H3. The maximum atomic E-state index is 9.69. The zero-order valence-corrected chi connectivity index (χ0v) is 11.2. The van der Waals surface area contributed by atoms with Gasteiger partial charge < -0.3 is 10.4 Å². The predicted octanol–water partition coefficient (Wildman–Crippen LogP) is 1.29. The van der Waals surface area contributed by atoms with Crippen LogP contribution in [0.15, 0.2) is 0 Å².